The van der Waals surface area contributed by atoms with E-state index in [1.807, 2.05) is 41.8 Å². The summed E-state index contributed by atoms with van der Waals surface area (Å²) < 4.78 is 67.7. The third-order valence-electron chi connectivity index (χ3n) is 6.08. The van der Waals surface area contributed by atoms with Crippen LogP contribution in [0.2, 0.25) is 0 Å². The van der Waals surface area contributed by atoms with Gasteiger partial charge in [-0.05, 0) is 53.1 Å². The lowest BCUT2D eigenvalue weighted by molar-refractivity contribution is -0.137. The van der Waals surface area contributed by atoms with E-state index >= 15 is 0 Å². The van der Waals surface area contributed by atoms with Gasteiger partial charge >= 0.3 is 6.18 Å². The van der Waals surface area contributed by atoms with Gasteiger partial charge in [0, 0.05) is 18.0 Å². The van der Waals surface area contributed by atoms with E-state index < -0.39 is 39.1 Å². The number of nitrogens with zero attached hydrogens (tertiary/aromatic N) is 2. The molecule has 0 saturated carbocycles. The molecule has 2 heterocycles. The number of amides is 1. The van der Waals surface area contributed by atoms with Gasteiger partial charge < -0.3 is 4.90 Å². The summed E-state index contributed by atoms with van der Waals surface area (Å²) in [6, 6.07) is 14.8. The van der Waals surface area contributed by atoms with E-state index in [9.17, 15) is 26.4 Å². The van der Waals surface area contributed by atoms with Crippen LogP contribution < -0.4 is 0 Å². The van der Waals surface area contributed by atoms with Crippen LogP contribution in [0.5, 0.6) is 0 Å². The van der Waals surface area contributed by atoms with Crippen LogP contribution in [0, 0.1) is 5.92 Å². The molecule has 10 heteroatoms. The number of hydrogen-bond acceptors (Lipinski definition) is 4. The van der Waals surface area contributed by atoms with Gasteiger partial charge in [-0.3, -0.25) is 4.79 Å². The fourth-order valence-electron chi connectivity index (χ4n) is 4.46. The van der Waals surface area contributed by atoms with E-state index in [1.54, 1.807) is 30.1 Å². The van der Waals surface area contributed by atoms with E-state index in [1.165, 1.54) is 4.88 Å². The molecule has 0 bridgehead atoms. The molecule has 0 spiro atoms. The highest BCUT2D eigenvalue weighted by Gasteiger charge is 2.37. The Hall–Kier alpha value is -2.69. The summed E-state index contributed by atoms with van der Waals surface area (Å²) in [5, 5.41) is 1.98. The van der Waals surface area contributed by atoms with Crippen molar-refractivity contribution < 1.29 is 26.4 Å². The number of sulfonamides is 1. The third kappa shape index (κ3) is 5.50. The first kappa shape index (κ1) is 26.4. The number of alkyl halides is 3. The monoisotopic (exact) mass is 536 g/mol. The summed E-state index contributed by atoms with van der Waals surface area (Å²) >= 11 is 1.63. The lowest BCUT2D eigenvalue weighted by atomic mass is 9.93. The predicted octanol–water partition coefficient (Wildman–Crippen LogP) is 5.59. The maximum absolute atomic E-state index is 13.7. The molecule has 1 aromatic heterocycles. The number of halogens is 3. The average molecular weight is 537 g/mol. The van der Waals surface area contributed by atoms with Crippen molar-refractivity contribution in [3.8, 4) is 0 Å². The Bertz CT molecular complexity index is 1320. The predicted molar refractivity (Wildman–Crippen MR) is 133 cm³/mol. The fraction of sp³-hybridized carbons (Fsp3) is 0.346. The van der Waals surface area contributed by atoms with Crippen molar-refractivity contribution >= 4 is 27.3 Å². The van der Waals surface area contributed by atoms with Crippen LogP contribution >= 0.6 is 11.3 Å². The van der Waals surface area contributed by atoms with Gasteiger partial charge in [-0.2, -0.15) is 17.5 Å². The number of rotatable bonds is 7. The summed E-state index contributed by atoms with van der Waals surface area (Å²) in [4.78, 5) is 16.0. The topological polar surface area (TPSA) is 57.7 Å². The van der Waals surface area contributed by atoms with E-state index in [-0.39, 0.29) is 18.5 Å². The van der Waals surface area contributed by atoms with Crippen LogP contribution in [0.4, 0.5) is 13.2 Å². The minimum absolute atomic E-state index is 0.00212. The molecule has 1 amide bonds. The van der Waals surface area contributed by atoms with Crippen LogP contribution in [0.1, 0.15) is 41.5 Å². The molecule has 5 nitrogen and oxygen atoms in total. The quantitative estimate of drug-likeness (QED) is 0.396. The van der Waals surface area contributed by atoms with Gasteiger partial charge in [0.2, 0.25) is 15.9 Å². The van der Waals surface area contributed by atoms with Crippen LogP contribution in [-0.2, 0) is 27.4 Å². The molecule has 2 aromatic carbocycles. The van der Waals surface area contributed by atoms with Gasteiger partial charge in [-0.15, -0.1) is 11.3 Å². The van der Waals surface area contributed by atoms with Gasteiger partial charge in [0.1, 0.15) is 0 Å². The second kappa shape index (κ2) is 10.4. The van der Waals surface area contributed by atoms with Crippen molar-refractivity contribution in [1.82, 2.24) is 9.21 Å². The molecule has 0 N–H and O–H groups in total. The van der Waals surface area contributed by atoms with Crippen molar-refractivity contribution in [3.63, 3.8) is 0 Å². The highest BCUT2D eigenvalue weighted by molar-refractivity contribution is 7.89. The van der Waals surface area contributed by atoms with Crippen molar-refractivity contribution in [2.45, 2.75) is 37.4 Å². The Morgan fingerprint density at radius 1 is 1.11 bits per heavy atom. The number of benzene rings is 2. The number of carbonyl (C=O) groups excluding carboxylic acids is 1. The maximum atomic E-state index is 13.7. The first-order valence-corrected chi connectivity index (χ1v) is 13.9. The summed E-state index contributed by atoms with van der Waals surface area (Å²) in [5.74, 6) is -0.537. The molecule has 1 atom stereocenters. The van der Waals surface area contributed by atoms with Crippen LogP contribution in [0.15, 0.2) is 70.9 Å². The normalized spacial score (nSPS) is 16.4. The third-order valence-corrected chi connectivity index (χ3v) is 8.89. The maximum Gasteiger partial charge on any atom is 0.416 e. The Balaban J connectivity index is 1.67. The molecule has 3 aromatic rings. The molecule has 0 fully saturated rings. The molecule has 36 heavy (non-hydrogen) atoms. The molecule has 0 radical (unpaired) electrons. The zero-order chi connectivity index (χ0) is 26.1. The van der Waals surface area contributed by atoms with E-state index in [4.69, 9.17) is 0 Å². The Morgan fingerprint density at radius 2 is 1.83 bits per heavy atom. The van der Waals surface area contributed by atoms with E-state index in [2.05, 4.69) is 0 Å². The van der Waals surface area contributed by atoms with Crippen molar-refractivity contribution in [2.24, 2.45) is 5.92 Å². The van der Waals surface area contributed by atoms with Crippen molar-refractivity contribution in [2.75, 3.05) is 19.6 Å². The molecule has 0 saturated heterocycles. The molecule has 0 aliphatic carbocycles. The van der Waals surface area contributed by atoms with Gasteiger partial charge in [0.05, 0.1) is 23.0 Å². The minimum Gasteiger partial charge on any atom is -0.330 e. The Labute approximate surface area is 213 Å². The largest absolute Gasteiger partial charge is 0.416 e. The first-order chi connectivity index (χ1) is 17.0. The smallest absolute Gasteiger partial charge is 0.330 e. The number of fused-ring (bicyclic) bond motifs is 1. The molecule has 4 rings (SSSR count). The van der Waals surface area contributed by atoms with Crippen LogP contribution in [0.25, 0.3) is 0 Å². The van der Waals surface area contributed by atoms with E-state index in [0.29, 0.717) is 19.0 Å². The SMILES string of the molecule is CC(C)CN(CC(=O)N1CCc2sccc2C1c1ccccc1)S(=O)(=O)c1cccc(C(F)(F)F)c1. The van der Waals surface area contributed by atoms with Gasteiger partial charge in [-0.1, -0.05) is 50.2 Å². The van der Waals surface area contributed by atoms with Crippen LogP contribution in [0.3, 0.4) is 0 Å². The van der Waals surface area contributed by atoms with Gasteiger partial charge in [0.15, 0.2) is 0 Å². The highest BCUT2D eigenvalue weighted by atomic mass is 32.2. The number of carbonyl (C=O) groups is 1. The van der Waals surface area contributed by atoms with Gasteiger partial charge in [0.25, 0.3) is 0 Å². The Morgan fingerprint density at radius 3 is 2.50 bits per heavy atom. The summed E-state index contributed by atoms with van der Waals surface area (Å²) in [6.45, 7) is 3.55. The number of thiophene rings is 1. The molecule has 1 unspecified atom stereocenters. The average Bonchev–Trinajstić information content (AvgIpc) is 3.31. The summed E-state index contributed by atoms with van der Waals surface area (Å²) in [6.07, 6.45) is -4.02. The molecule has 1 aliphatic rings. The summed E-state index contributed by atoms with van der Waals surface area (Å²) in [5.41, 5.74) is 0.882. The zero-order valence-corrected chi connectivity index (χ0v) is 21.5. The molecule has 192 valence electrons. The molecule has 1 aliphatic heterocycles. The highest BCUT2D eigenvalue weighted by Crippen LogP contribution is 2.38. The standard InChI is InChI=1S/C26H27F3N2O3S2/c1-18(2)16-30(36(33,34)21-10-6-9-20(15-21)26(27,28)29)17-24(32)31-13-11-23-22(12-14-35-23)25(31)19-7-4-3-5-8-19/h3-10,12,14-15,18,25H,11,13,16-17H2,1-2H3. The first-order valence-electron chi connectivity index (χ1n) is 11.6. The minimum atomic E-state index is -4.68. The second-order valence-corrected chi connectivity index (χ2v) is 12.1. The molecular weight excluding hydrogens is 509 g/mol. The van der Waals surface area contributed by atoms with Crippen molar-refractivity contribution in [3.05, 3.63) is 87.6 Å². The van der Waals surface area contributed by atoms with Crippen molar-refractivity contribution in [1.29, 1.82) is 0 Å². The van der Waals surface area contributed by atoms with E-state index in [0.717, 1.165) is 33.6 Å². The Kier molecular flexibility index (Phi) is 7.59. The van der Waals surface area contributed by atoms with Gasteiger partial charge in [-0.25, -0.2) is 8.42 Å². The summed E-state index contributed by atoms with van der Waals surface area (Å²) in [7, 11) is -4.36. The second-order valence-electron chi connectivity index (χ2n) is 9.17. The fourth-order valence-corrected chi connectivity index (χ4v) is 6.96. The lowest BCUT2D eigenvalue weighted by Gasteiger charge is -2.37. The van der Waals surface area contributed by atoms with Crippen LogP contribution in [-0.4, -0.2) is 43.2 Å². The lowest BCUT2D eigenvalue weighted by Crippen LogP contribution is -2.47. The number of hydrogen-bond donors (Lipinski definition) is 0. The molecular formula is C26H27F3N2O3S2. The zero-order valence-electron chi connectivity index (χ0n) is 19.9.